The van der Waals surface area contributed by atoms with E-state index >= 15 is 0 Å². The van der Waals surface area contributed by atoms with Crippen molar-refractivity contribution in [1.82, 2.24) is 15.2 Å². The summed E-state index contributed by atoms with van der Waals surface area (Å²) in [5.41, 5.74) is 2.12. The maximum atomic E-state index is 13.3. The van der Waals surface area contributed by atoms with Crippen LogP contribution in [0.3, 0.4) is 0 Å². The van der Waals surface area contributed by atoms with E-state index < -0.39 is 5.54 Å². The molecule has 1 aromatic carbocycles. The fraction of sp³-hybridized carbons (Fsp3) is 0.435. The number of aromatic nitrogens is 1. The molecule has 0 saturated carbocycles. The van der Waals surface area contributed by atoms with Gasteiger partial charge in [0.2, 0.25) is 11.8 Å². The molecule has 4 heterocycles. The molecule has 2 aromatic rings. The van der Waals surface area contributed by atoms with Gasteiger partial charge in [-0.3, -0.25) is 19.5 Å². The predicted molar refractivity (Wildman–Crippen MR) is 110 cm³/mol. The molecule has 3 aliphatic heterocycles. The van der Waals surface area contributed by atoms with E-state index in [1.54, 1.807) is 6.20 Å². The van der Waals surface area contributed by atoms with Gasteiger partial charge in [0.15, 0.2) is 0 Å². The van der Waals surface area contributed by atoms with Crippen molar-refractivity contribution < 1.29 is 9.59 Å². The second kappa shape index (κ2) is 7.26. The Bertz CT molecular complexity index is 931. The third-order valence-electron chi connectivity index (χ3n) is 6.76. The molecule has 0 aliphatic carbocycles. The van der Waals surface area contributed by atoms with E-state index in [9.17, 15) is 9.59 Å². The number of hydrogen-bond acceptors (Lipinski definition) is 4. The van der Waals surface area contributed by atoms with Gasteiger partial charge >= 0.3 is 0 Å². The van der Waals surface area contributed by atoms with Crippen LogP contribution in [0, 0.1) is 5.92 Å². The van der Waals surface area contributed by atoms with Crippen LogP contribution in [0.5, 0.6) is 0 Å². The first-order chi connectivity index (χ1) is 14.2. The Morgan fingerprint density at radius 1 is 1.28 bits per heavy atom. The highest BCUT2D eigenvalue weighted by Gasteiger charge is 2.65. The molecular weight excluding hydrogens is 364 g/mol. The number of aryl methyl sites for hydroxylation is 1. The van der Waals surface area contributed by atoms with Gasteiger partial charge in [-0.2, -0.15) is 0 Å². The van der Waals surface area contributed by atoms with Gasteiger partial charge < -0.3 is 10.6 Å². The molecule has 0 bridgehead atoms. The van der Waals surface area contributed by atoms with Gasteiger partial charge in [0.05, 0.1) is 5.92 Å². The summed E-state index contributed by atoms with van der Waals surface area (Å²) in [6.07, 6.45) is 8.25. The summed E-state index contributed by atoms with van der Waals surface area (Å²) in [4.78, 5) is 33.0. The minimum absolute atomic E-state index is 0.00237. The lowest BCUT2D eigenvalue weighted by atomic mass is 9.78. The average Bonchev–Trinajstić information content (AvgIpc) is 3.40. The second-order valence-electron chi connectivity index (χ2n) is 8.30. The summed E-state index contributed by atoms with van der Waals surface area (Å²) in [6.45, 7) is 1.48. The molecule has 2 saturated heterocycles. The summed E-state index contributed by atoms with van der Waals surface area (Å²) < 4.78 is 0. The summed E-state index contributed by atoms with van der Waals surface area (Å²) in [6, 6.07) is 12.1. The smallest absolute Gasteiger partial charge is 0.250 e. The van der Waals surface area contributed by atoms with Crippen molar-refractivity contribution in [2.45, 2.75) is 43.7 Å². The quantitative estimate of drug-likeness (QED) is 0.769. The van der Waals surface area contributed by atoms with Gasteiger partial charge in [-0.05, 0) is 56.3 Å². The Morgan fingerprint density at radius 2 is 2.17 bits per heavy atom. The monoisotopic (exact) mass is 390 g/mol. The summed E-state index contributed by atoms with van der Waals surface area (Å²) in [7, 11) is 0. The minimum atomic E-state index is -0.856. The lowest BCUT2D eigenvalue weighted by Gasteiger charge is -2.36. The van der Waals surface area contributed by atoms with E-state index in [1.165, 1.54) is 5.56 Å². The highest BCUT2D eigenvalue weighted by molar-refractivity contribution is 6.09. The predicted octanol–water partition coefficient (Wildman–Crippen LogP) is 2.46. The minimum Gasteiger partial charge on any atom is -0.356 e. The van der Waals surface area contributed by atoms with E-state index in [4.69, 9.17) is 0 Å². The van der Waals surface area contributed by atoms with Crippen molar-refractivity contribution in [2.75, 3.05) is 18.4 Å². The number of nitrogens with zero attached hydrogens (tertiary/aromatic N) is 2. The third-order valence-corrected chi connectivity index (χ3v) is 6.76. The standard InChI is InChI=1S/C23H26N4O2/c28-21(25-12-4-7-16-6-3-11-24-15-16)19-14-17-8-5-13-27(17)23(19)18-9-1-2-10-20(18)26-22(23)29/h1-3,6,9-11,15,17,19H,4-5,7-8,12-14H2,(H,25,28)(H,26,29)/t17-,19-,23+/m1/s1. The maximum Gasteiger partial charge on any atom is 0.250 e. The Morgan fingerprint density at radius 3 is 3.03 bits per heavy atom. The van der Waals surface area contributed by atoms with Gasteiger partial charge in [0.1, 0.15) is 5.54 Å². The third kappa shape index (κ3) is 2.85. The highest BCUT2D eigenvalue weighted by atomic mass is 16.2. The molecule has 3 atom stereocenters. The molecule has 3 aliphatic rings. The summed E-state index contributed by atoms with van der Waals surface area (Å²) in [5, 5.41) is 6.17. The van der Waals surface area contributed by atoms with Gasteiger partial charge in [-0.25, -0.2) is 0 Å². The van der Waals surface area contributed by atoms with Gasteiger partial charge in [-0.1, -0.05) is 24.3 Å². The fourth-order valence-electron chi connectivity index (χ4n) is 5.55. The zero-order valence-corrected chi connectivity index (χ0v) is 16.4. The molecule has 2 fully saturated rings. The van der Waals surface area contributed by atoms with E-state index in [0.717, 1.165) is 49.9 Å². The highest BCUT2D eigenvalue weighted by Crippen LogP contribution is 2.55. The van der Waals surface area contributed by atoms with Gasteiger partial charge in [0.25, 0.3) is 0 Å². The van der Waals surface area contributed by atoms with Crippen molar-refractivity contribution in [3.05, 3.63) is 59.9 Å². The van der Waals surface area contributed by atoms with Crippen LogP contribution >= 0.6 is 0 Å². The first kappa shape index (κ1) is 18.3. The number of carbonyl (C=O) groups is 2. The molecule has 6 nitrogen and oxygen atoms in total. The van der Waals surface area contributed by atoms with Gasteiger partial charge in [-0.15, -0.1) is 0 Å². The summed E-state index contributed by atoms with van der Waals surface area (Å²) >= 11 is 0. The van der Waals surface area contributed by atoms with Crippen LogP contribution < -0.4 is 10.6 Å². The molecular formula is C23H26N4O2. The van der Waals surface area contributed by atoms with Crippen molar-refractivity contribution in [2.24, 2.45) is 5.92 Å². The SMILES string of the molecule is O=C(NCCCc1cccnc1)[C@H]1C[C@H]2CCCN2[C@]12C(=O)Nc1ccccc12. The molecule has 1 aromatic heterocycles. The number of anilines is 1. The topological polar surface area (TPSA) is 74.3 Å². The number of amides is 2. The number of nitrogens with one attached hydrogen (secondary N) is 2. The van der Waals surface area contributed by atoms with E-state index in [1.807, 2.05) is 36.5 Å². The van der Waals surface area contributed by atoms with Crippen LogP contribution in [-0.2, 0) is 21.5 Å². The number of rotatable bonds is 5. The van der Waals surface area contributed by atoms with E-state index in [2.05, 4.69) is 26.6 Å². The van der Waals surface area contributed by atoms with E-state index in [-0.39, 0.29) is 17.7 Å². The normalized spacial score (nSPS) is 27.7. The Labute approximate surface area is 170 Å². The molecule has 2 amide bonds. The lowest BCUT2D eigenvalue weighted by Crippen LogP contribution is -2.54. The van der Waals surface area contributed by atoms with Crippen LogP contribution in [0.15, 0.2) is 48.8 Å². The second-order valence-corrected chi connectivity index (χ2v) is 8.30. The molecule has 5 rings (SSSR count). The average molecular weight is 390 g/mol. The number of fused-ring (bicyclic) bond motifs is 4. The van der Waals surface area contributed by atoms with Crippen molar-refractivity contribution in [3.63, 3.8) is 0 Å². The molecule has 150 valence electrons. The maximum absolute atomic E-state index is 13.3. The van der Waals surface area contributed by atoms with Crippen molar-refractivity contribution >= 4 is 17.5 Å². The van der Waals surface area contributed by atoms with Crippen LogP contribution in [0.25, 0.3) is 0 Å². The van der Waals surface area contributed by atoms with Crippen LogP contribution in [0.1, 0.15) is 36.8 Å². The zero-order valence-electron chi connectivity index (χ0n) is 16.4. The van der Waals surface area contributed by atoms with Crippen molar-refractivity contribution in [1.29, 1.82) is 0 Å². The van der Waals surface area contributed by atoms with E-state index in [0.29, 0.717) is 12.6 Å². The summed E-state index contributed by atoms with van der Waals surface area (Å²) in [5.74, 6) is -0.397. The number of carbonyl (C=O) groups excluding carboxylic acids is 2. The number of pyridine rings is 1. The molecule has 0 unspecified atom stereocenters. The zero-order chi connectivity index (χ0) is 19.8. The Balaban J connectivity index is 1.35. The first-order valence-electron chi connectivity index (χ1n) is 10.6. The molecule has 29 heavy (non-hydrogen) atoms. The van der Waals surface area contributed by atoms with Crippen LogP contribution in [0.2, 0.25) is 0 Å². The first-order valence-corrected chi connectivity index (χ1v) is 10.6. The van der Waals surface area contributed by atoms with Crippen molar-refractivity contribution in [3.8, 4) is 0 Å². The number of hydrogen-bond donors (Lipinski definition) is 2. The lowest BCUT2D eigenvalue weighted by molar-refractivity contribution is -0.137. The molecule has 1 spiro atoms. The Kier molecular flexibility index (Phi) is 4.59. The fourth-order valence-corrected chi connectivity index (χ4v) is 5.55. The number of benzene rings is 1. The largest absolute Gasteiger partial charge is 0.356 e. The van der Waals surface area contributed by atoms with Gasteiger partial charge in [0, 0.05) is 36.2 Å². The van der Waals surface area contributed by atoms with Crippen LogP contribution in [-0.4, -0.2) is 40.8 Å². The molecule has 2 N–H and O–H groups in total. The Hall–Kier alpha value is -2.73. The van der Waals surface area contributed by atoms with Crippen LogP contribution in [0.4, 0.5) is 5.69 Å². The molecule has 0 radical (unpaired) electrons. The number of para-hydroxylation sites is 1. The molecule has 6 heteroatoms.